The van der Waals surface area contributed by atoms with Crippen LogP contribution in [0.15, 0.2) is 46.9 Å². The lowest BCUT2D eigenvalue weighted by Gasteiger charge is -2.09. The van der Waals surface area contributed by atoms with E-state index in [2.05, 4.69) is 21.2 Å². The minimum absolute atomic E-state index is 0.635. The van der Waals surface area contributed by atoms with Gasteiger partial charge in [0.1, 0.15) is 0 Å². The summed E-state index contributed by atoms with van der Waals surface area (Å²) in [4.78, 5) is 0. The van der Waals surface area contributed by atoms with Gasteiger partial charge in [-0.2, -0.15) is 0 Å². The third-order valence-electron chi connectivity index (χ3n) is 2.14. The van der Waals surface area contributed by atoms with Crippen LogP contribution in [0, 0.1) is 0 Å². The summed E-state index contributed by atoms with van der Waals surface area (Å²) < 4.78 is 1.04. The molecule has 0 heterocycles. The van der Waals surface area contributed by atoms with E-state index in [4.69, 9.17) is 17.3 Å². The summed E-state index contributed by atoms with van der Waals surface area (Å²) in [6, 6.07) is 13.3. The van der Waals surface area contributed by atoms with Crippen LogP contribution in [0.5, 0.6) is 0 Å². The van der Waals surface area contributed by atoms with E-state index in [-0.39, 0.29) is 0 Å². The predicted molar refractivity (Wildman–Crippen MR) is 73.3 cm³/mol. The minimum Gasteiger partial charge on any atom is -0.397 e. The zero-order chi connectivity index (χ0) is 11.5. The summed E-state index contributed by atoms with van der Waals surface area (Å²) >= 11 is 9.21. The number of nitrogens with two attached hydrogens (primary N) is 1. The number of benzene rings is 2. The Hall–Kier alpha value is -1.19. The van der Waals surface area contributed by atoms with E-state index in [0.29, 0.717) is 10.7 Å². The van der Waals surface area contributed by atoms with Crippen molar-refractivity contribution >= 4 is 44.6 Å². The lowest BCUT2D eigenvalue weighted by atomic mass is 10.2. The van der Waals surface area contributed by atoms with Crippen LogP contribution in [0.25, 0.3) is 0 Å². The molecule has 4 heteroatoms. The first-order valence-corrected chi connectivity index (χ1v) is 5.90. The monoisotopic (exact) mass is 296 g/mol. The molecule has 2 aromatic carbocycles. The van der Waals surface area contributed by atoms with Crippen molar-refractivity contribution in [2.24, 2.45) is 0 Å². The molecule has 0 aromatic heterocycles. The Morgan fingerprint density at radius 3 is 2.38 bits per heavy atom. The zero-order valence-corrected chi connectivity index (χ0v) is 10.7. The van der Waals surface area contributed by atoms with Crippen LogP contribution >= 0.6 is 27.5 Å². The van der Waals surface area contributed by atoms with Crippen molar-refractivity contribution in [1.82, 2.24) is 0 Å². The third-order valence-corrected chi connectivity index (χ3v) is 2.90. The standard InChI is InChI=1S/C12H10BrClN2/c13-8-1-4-10(5-2-8)16-12-6-3-9(14)7-11(12)15/h1-7,16H,15H2. The number of nitrogen functional groups attached to an aromatic ring is 1. The second-order valence-electron chi connectivity index (χ2n) is 3.36. The maximum Gasteiger partial charge on any atom is 0.0618 e. The highest BCUT2D eigenvalue weighted by Gasteiger charge is 2.00. The van der Waals surface area contributed by atoms with Crippen molar-refractivity contribution in [3.05, 3.63) is 52.0 Å². The summed E-state index contributed by atoms with van der Waals surface area (Å²) in [7, 11) is 0. The van der Waals surface area contributed by atoms with E-state index in [9.17, 15) is 0 Å². The number of halogens is 2. The molecule has 0 atom stereocenters. The van der Waals surface area contributed by atoms with Gasteiger partial charge in [0.15, 0.2) is 0 Å². The van der Waals surface area contributed by atoms with Crippen molar-refractivity contribution in [3.63, 3.8) is 0 Å². The molecule has 0 aliphatic carbocycles. The molecule has 0 radical (unpaired) electrons. The number of hydrogen-bond donors (Lipinski definition) is 2. The molecule has 0 unspecified atom stereocenters. The Labute approximate surface area is 108 Å². The van der Waals surface area contributed by atoms with Crippen molar-refractivity contribution in [1.29, 1.82) is 0 Å². The molecule has 82 valence electrons. The average Bonchev–Trinajstić information content (AvgIpc) is 2.25. The highest BCUT2D eigenvalue weighted by Crippen LogP contribution is 2.26. The fourth-order valence-electron chi connectivity index (χ4n) is 1.34. The Morgan fingerprint density at radius 1 is 1.06 bits per heavy atom. The van der Waals surface area contributed by atoms with Gasteiger partial charge < -0.3 is 11.1 Å². The van der Waals surface area contributed by atoms with Gasteiger partial charge in [0, 0.05) is 15.2 Å². The topological polar surface area (TPSA) is 38.0 Å². The number of nitrogens with one attached hydrogen (secondary N) is 1. The van der Waals surface area contributed by atoms with Gasteiger partial charge in [-0.25, -0.2) is 0 Å². The first-order chi connectivity index (χ1) is 7.65. The zero-order valence-electron chi connectivity index (χ0n) is 8.37. The van der Waals surface area contributed by atoms with Crippen molar-refractivity contribution in [2.75, 3.05) is 11.1 Å². The van der Waals surface area contributed by atoms with Gasteiger partial charge in [-0.3, -0.25) is 0 Å². The van der Waals surface area contributed by atoms with E-state index in [0.717, 1.165) is 15.8 Å². The quantitative estimate of drug-likeness (QED) is 0.805. The molecule has 0 fully saturated rings. The van der Waals surface area contributed by atoms with Crippen molar-refractivity contribution in [2.45, 2.75) is 0 Å². The number of anilines is 3. The highest BCUT2D eigenvalue weighted by molar-refractivity contribution is 9.10. The second-order valence-corrected chi connectivity index (χ2v) is 4.72. The maximum atomic E-state index is 5.84. The van der Waals surface area contributed by atoms with Gasteiger partial charge in [-0.05, 0) is 42.5 Å². The lowest BCUT2D eigenvalue weighted by Crippen LogP contribution is -1.95. The van der Waals surface area contributed by atoms with Crippen LogP contribution in [-0.2, 0) is 0 Å². The number of rotatable bonds is 2. The van der Waals surface area contributed by atoms with Crippen molar-refractivity contribution in [3.8, 4) is 0 Å². The molecule has 0 spiro atoms. The van der Waals surface area contributed by atoms with Gasteiger partial charge in [-0.15, -0.1) is 0 Å². The SMILES string of the molecule is Nc1cc(Cl)ccc1Nc1ccc(Br)cc1. The molecule has 0 amide bonds. The highest BCUT2D eigenvalue weighted by atomic mass is 79.9. The second kappa shape index (κ2) is 4.76. The minimum atomic E-state index is 0.635. The van der Waals surface area contributed by atoms with Crippen molar-refractivity contribution < 1.29 is 0 Å². The molecule has 16 heavy (non-hydrogen) atoms. The normalized spacial score (nSPS) is 10.1. The first-order valence-electron chi connectivity index (χ1n) is 4.73. The van der Waals surface area contributed by atoms with E-state index in [1.54, 1.807) is 12.1 Å². The molecule has 3 N–H and O–H groups in total. The van der Waals surface area contributed by atoms with E-state index in [1.807, 2.05) is 30.3 Å². The number of hydrogen-bond acceptors (Lipinski definition) is 2. The Balaban J connectivity index is 2.23. The molecule has 2 nitrogen and oxygen atoms in total. The molecule has 0 aliphatic heterocycles. The molecule has 2 rings (SSSR count). The molecule has 0 bridgehead atoms. The van der Waals surface area contributed by atoms with Crippen LogP contribution < -0.4 is 11.1 Å². The van der Waals surface area contributed by atoms with E-state index in [1.165, 1.54) is 0 Å². The van der Waals surface area contributed by atoms with E-state index < -0.39 is 0 Å². The van der Waals surface area contributed by atoms with E-state index >= 15 is 0 Å². The Morgan fingerprint density at radius 2 is 1.75 bits per heavy atom. The molecule has 2 aromatic rings. The van der Waals surface area contributed by atoms with Crippen LogP contribution in [-0.4, -0.2) is 0 Å². The lowest BCUT2D eigenvalue weighted by molar-refractivity contribution is 1.53. The summed E-state index contributed by atoms with van der Waals surface area (Å²) in [5.74, 6) is 0. The summed E-state index contributed by atoms with van der Waals surface area (Å²) in [6.07, 6.45) is 0. The molecule has 0 aliphatic rings. The first kappa shape index (κ1) is 11.3. The fourth-order valence-corrected chi connectivity index (χ4v) is 1.78. The molecular formula is C12H10BrClN2. The molecular weight excluding hydrogens is 288 g/mol. The van der Waals surface area contributed by atoms with Gasteiger partial charge >= 0.3 is 0 Å². The van der Waals surface area contributed by atoms with Gasteiger partial charge in [0.2, 0.25) is 0 Å². The van der Waals surface area contributed by atoms with Gasteiger partial charge in [0.05, 0.1) is 11.4 Å². The maximum absolute atomic E-state index is 5.84. The fraction of sp³-hybridized carbons (Fsp3) is 0. The summed E-state index contributed by atoms with van der Waals surface area (Å²) in [5.41, 5.74) is 8.31. The van der Waals surface area contributed by atoms with Gasteiger partial charge in [-0.1, -0.05) is 27.5 Å². The van der Waals surface area contributed by atoms with Crippen LogP contribution in [0.2, 0.25) is 5.02 Å². The Kier molecular flexibility index (Phi) is 3.36. The summed E-state index contributed by atoms with van der Waals surface area (Å²) in [6.45, 7) is 0. The largest absolute Gasteiger partial charge is 0.397 e. The van der Waals surface area contributed by atoms with Gasteiger partial charge in [0.25, 0.3) is 0 Å². The van der Waals surface area contributed by atoms with Crippen LogP contribution in [0.3, 0.4) is 0 Å². The predicted octanol–water partition coefficient (Wildman–Crippen LogP) is 4.43. The Bertz CT molecular complexity index is 497. The third kappa shape index (κ3) is 2.68. The van der Waals surface area contributed by atoms with Crippen LogP contribution in [0.1, 0.15) is 0 Å². The molecule has 0 saturated carbocycles. The molecule has 0 saturated heterocycles. The average molecular weight is 298 g/mol. The summed E-state index contributed by atoms with van der Waals surface area (Å²) in [5, 5.41) is 3.86. The van der Waals surface area contributed by atoms with Crippen LogP contribution in [0.4, 0.5) is 17.1 Å². The smallest absolute Gasteiger partial charge is 0.0618 e.